The van der Waals surface area contributed by atoms with Crippen molar-refractivity contribution < 1.29 is 22.7 Å². The van der Waals surface area contributed by atoms with Crippen molar-refractivity contribution in [3.63, 3.8) is 0 Å². The van der Waals surface area contributed by atoms with Gasteiger partial charge in [-0.3, -0.25) is 4.79 Å². The SMILES string of the molecule is N#Cc1ccc(N2CCOCC2=O)cc1C(F)(F)F. The molecule has 0 atom stereocenters. The number of nitrogens with zero attached hydrogens (tertiary/aromatic N) is 2. The van der Waals surface area contributed by atoms with Crippen LogP contribution in [-0.4, -0.2) is 25.7 Å². The monoisotopic (exact) mass is 270 g/mol. The van der Waals surface area contributed by atoms with Gasteiger partial charge in [-0.05, 0) is 18.2 Å². The molecule has 100 valence electrons. The lowest BCUT2D eigenvalue weighted by Gasteiger charge is -2.27. The van der Waals surface area contributed by atoms with Gasteiger partial charge in [-0.25, -0.2) is 0 Å². The van der Waals surface area contributed by atoms with Crippen LogP contribution in [0.2, 0.25) is 0 Å². The number of halogens is 3. The summed E-state index contributed by atoms with van der Waals surface area (Å²) in [6.07, 6.45) is -4.63. The fourth-order valence-corrected chi connectivity index (χ4v) is 1.82. The summed E-state index contributed by atoms with van der Waals surface area (Å²) in [5.41, 5.74) is -1.37. The van der Waals surface area contributed by atoms with Gasteiger partial charge in [0, 0.05) is 12.2 Å². The summed E-state index contributed by atoms with van der Waals surface area (Å²) < 4.78 is 43.3. The number of alkyl halides is 3. The van der Waals surface area contributed by atoms with Crippen molar-refractivity contribution in [1.29, 1.82) is 5.26 Å². The number of amides is 1. The predicted octanol–water partition coefficient (Wildman–Crippen LogP) is 1.94. The molecule has 4 nitrogen and oxygen atoms in total. The Kier molecular flexibility index (Phi) is 3.44. The van der Waals surface area contributed by atoms with Gasteiger partial charge in [-0.15, -0.1) is 0 Å². The van der Waals surface area contributed by atoms with Crippen LogP contribution in [0.3, 0.4) is 0 Å². The smallest absolute Gasteiger partial charge is 0.370 e. The van der Waals surface area contributed by atoms with Crippen molar-refractivity contribution in [2.45, 2.75) is 6.18 Å². The third-order valence-corrected chi connectivity index (χ3v) is 2.73. The maximum Gasteiger partial charge on any atom is 0.417 e. The average Bonchev–Trinajstić information content (AvgIpc) is 2.37. The van der Waals surface area contributed by atoms with Crippen LogP contribution in [0.15, 0.2) is 18.2 Å². The van der Waals surface area contributed by atoms with Crippen LogP contribution >= 0.6 is 0 Å². The highest BCUT2D eigenvalue weighted by molar-refractivity contribution is 5.95. The van der Waals surface area contributed by atoms with E-state index in [1.807, 2.05) is 0 Å². The Bertz CT molecular complexity index is 549. The quantitative estimate of drug-likeness (QED) is 0.783. The Balaban J connectivity index is 2.43. The zero-order chi connectivity index (χ0) is 14.0. The molecule has 0 unspecified atom stereocenters. The summed E-state index contributed by atoms with van der Waals surface area (Å²) >= 11 is 0. The van der Waals surface area contributed by atoms with Gasteiger partial charge in [0.15, 0.2) is 0 Å². The van der Waals surface area contributed by atoms with Gasteiger partial charge in [0.1, 0.15) is 6.61 Å². The second-order valence-electron chi connectivity index (χ2n) is 3.94. The van der Waals surface area contributed by atoms with Gasteiger partial charge in [0.05, 0.1) is 23.8 Å². The van der Waals surface area contributed by atoms with E-state index >= 15 is 0 Å². The van der Waals surface area contributed by atoms with Crippen LogP contribution < -0.4 is 4.90 Å². The molecule has 1 fully saturated rings. The van der Waals surface area contributed by atoms with Crippen molar-refractivity contribution in [3.05, 3.63) is 29.3 Å². The van der Waals surface area contributed by atoms with Crippen molar-refractivity contribution >= 4 is 11.6 Å². The molecule has 0 bridgehead atoms. The van der Waals surface area contributed by atoms with Crippen LogP contribution in [0.4, 0.5) is 18.9 Å². The lowest BCUT2D eigenvalue weighted by atomic mass is 10.1. The summed E-state index contributed by atoms with van der Waals surface area (Å²) in [5, 5.41) is 8.68. The Morgan fingerprint density at radius 1 is 1.37 bits per heavy atom. The average molecular weight is 270 g/mol. The molecule has 1 aliphatic rings. The molecule has 0 aliphatic carbocycles. The number of hydrogen-bond acceptors (Lipinski definition) is 3. The molecule has 0 saturated carbocycles. The molecule has 1 heterocycles. The fourth-order valence-electron chi connectivity index (χ4n) is 1.82. The minimum atomic E-state index is -4.63. The molecule has 7 heteroatoms. The molecular weight excluding hydrogens is 261 g/mol. The molecule has 1 aliphatic heterocycles. The number of morpholine rings is 1. The number of rotatable bonds is 1. The second kappa shape index (κ2) is 4.90. The first-order valence-electron chi connectivity index (χ1n) is 5.43. The molecule has 1 saturated heterocycles. The third kappa shape index (κ3) is 2.69. The van der Waals surface area contributed by atoms with Gasteiger partial charge < -0.3 is 9.64 Å². The standard InChI is InChI=1S/C12H9F3N2O2/c13-12(14,15)10-5-9(2-1-8(10)6-16)17-3-4-19-7-11(17)18/h1-2,5H,3-4,7H2. The van der Waals surface area contributed by atoms with E-state index < -0.39 is 23.2 Å². The molecule has 2 rings (SSSR count). The highest BCUT2D eigenvalue weighted by Crippen LogP contribution is 2.34. The lowest BCUT2D eigenvalue weighted by Crippen LogP contribution is -2.41. The van der Waals surface area contributed by atoms with Crippen molar-refractivity contribution in [2.24, 2.45) is 0 Å². The minimum Gasteiger partial charge on any atom is -0.370 e. The molecule has 0 radical (unpaired) electrons. The van der Waals surface area contributed by atoms with Gasteiger partial charge >= 0.3 is 6.18 Å². The van der Waals surface area contributed by atoms with Gasteiger partial charge in [0.2, 0.25) is 0 Å². The molecule has 1 amide bonds. The van der Waals surface area contributed by atoms with E-state index in [-0.39, 0.29) is 25.4 Å². The highest BCUT2D eigenvalue weighted by atomic mass is 19.4. The molecule has 19 heavy (non-hydrogen) atoms. The number of nitriles is 1. The first-order chi connectivity index (χ1) is 8.93. The molecule has 0 N–H and O–H groups in total. The van der Waals surface area contributed by atoms with Crippen LogP contribution in [0, 0.1) is 11.3 Å². The van der Waals surface area contributed by atoms with Crippen LogP contribution in [0.25, 0.3) is 0 Å². The van der Waals surface area contributed by atoms with Crippen LogP contribution in [0.1, 0.15) is 11.1 Å². The van der Waals surface area contributed by atoms with E-state index in [4.69, 9.17) is 10.00 Å². The lowest BCUT2D eigenvalue weighted by molar-refractivity contribution is -0.137. The number of benzene rings is 1. The third-order valence-electron chi connectivity index (χ3n) is 2.73. The van der Waals surface area contributed by atoms with Crippen molar-refractivity contribution in [3.8, 4) is 6.07 Å². The van der Waals surface area contributed by atoms with Crippen LogP contribution in [-0.2, 0) is 15.7 Å². The minimum absolute atomic E-state index is 0.125. The first kappa shape index (κ1) is 13.4. The maximum atomic E-state index is 12.8. The molecule has 1 aromatic rings. The number of carbonyl (C=O) groups is 1. The molecular formula is C12H9F3N2O2. The summed E-state index contributed by atoms with van der Waals surface area (Å²) in [4.78, 5) is 12.8. The van der Waals surface area contributed by atoms with Crippen LogP contribution in [0.5, 0.6) is 0 Å². The number of anilines is 1. The number of hydrogen-bond donors (Lipinski definition) is 0. The van der Waals surface area contributed by atoms with Gasteiger partial charge in [-0.2, -0.15) is 18.4 Å². The Morgan fingerprint density at radius 2 is 2.11 bits per heavy atom. The highest BCUT2D eigenvalue weighted by Gasteiger charge is 2.34. The number of carbonyl (C=O) groups excluding carboxylic acids is 1. The Hall–Kier alpha value is -2.07. The van der Waals surface area contributed by atoms with E-state index in [0.717, 1.165) is 12.1 Å². The van der Waals surface area contributed by atoms with E-state index in [0.29, 0.717) is 0 Å². The fraction of sp³-hybridized carbons (Fsp3) is 0.333. The summed E-state index contributed by atoms with van der Waals surface area (Å²) in [6.45, 7) is 0.316. The summed E-state index contributed by atoms with van der Waals surface area (Å²) in [6, 6.07) is 4.72. The number of ether oxygens (including phenoxy) is 1. The molecule has 0 spiro atoms. The normalized spacial score (nSPS) is 16.3. The second-order valence-corrected chi connectivity index (χ2v) is 3.94. The molecule has 0 aromatic heterocycles. The van der Waals surface area contributed by atoms with Gasteiger partial charge in [0.25, 0.3) is 5.91 Å². The van der Waals surface area contributed by atoms with E-state index in [1.54, 1.807) is 0 Å². The first-order valence-corrected chi connectivity index (χ1v) is 5.43. The Labute approximate surface area is 107 Å². The van der Waals surface area contributed by atoms with Crippen molar-refractivity contribution in [1.82, 2.24) is 0 Å². The zero-order valence-corrected chi connectivity index (χ0v) is 9.70. The van der Waals surface area contributed by atoms with E-state index in [1.165, 1.54) is 17.0 Å². The van der Waals surface area contributed by atoms with E-state index in [9.17, 15) is 18.0 Å². The Morgan fingerprint density at radius 3 is 2.68 bits per heavy atom. The topological polar surface area (TPSA) is 53.3 Å². The predicted molar refractivity (Wildman–Crippen MR) is 59.3 cm³/mol. The maximum absolute atomic E-state index is 12.8. The van der Waals surface area contributed by atoms with Crippen molar-refractivity contribution in [2.75, 3.05) is 24.7 Å². The molecule has 1 aromatic carbocycles. The summed E-state index contributed by atoms with van der Waals surface area (Å²) in [7, 11) is 0. The largest absolute Gasteiger partial charge is 0.417 e. The van der Waals surface area contributed by atoms with Gasteiger partial charge in [-0.1, -0.05) is 0 Å². The summed E-state index contributed by atoms with van der Waals surface area (Å²) in [5.74, 6) is -0.399. The zero-order valence-electron chi connectivity index (χ0n) is 9.70. The van der Waals surface area contributed by atoms with E-state index in [2.05, 4.69) is 0 Å².